The monoisotopic (exact) mass is 296 g/mol. The summed E-state index contributed by atoms with van der Waals surface area (Å²) in [6.45, 7) is 5.96. The van der Waals surface area contributed by atoms with Gasteiger partial charge in [0.05, 0.1) is 6.54 Å². The molecule has 3 heterocycles. The molecular formula is C17H17FN4. The van der Waals surface area contributed by atoms with Crippen LogP contribution >= 0.6 is 0 Å². The van der Waals surface area contributed by atoms with E-state index < -0.39 is 0 Å². The third-order valence-electron chi connectivity index (χ3n) is 4.30. The predicted molar refractivity (Wildman–Crippen MR) is 83.9 cm³/mol. The number of benzene rings is 1. The summed E-state index contributed by atoms with van der Waals surface area (Å²) in [6, 6.07) is 8.70. The van der Waals surface area contributed by atoms with Crippen molar-refractivity contribution in [1.29, 1.82) is 0 Å². The van der Waals surface area contributed by atoms with Crippen molar-refractivity contribution >= 4 is 11.2 Å². The maximum Gasteiger partial charge on any atom is 0.160 e. The molecule has 4 rings (SSSR count). The van der Waals surface area contributed by atoms with Gasteiger partial charge in [0.2, 0.25) is 0 Å². The van der Waals surface area contributed by atoms with E-state index in [9.17, 15) is 4.39 Å². The number of hydrogen-bond acceptors (Lipinski definition) is 3. The van der Waals surface area contributed by atoms with Gasteiger partial charge in [-0.05, 0) is 18.7 Å². The molecule has 0 unspecified atom stereocenters. The van der Waals surface area contributed by atoms with Crippen LogP contribution < -0.4 is 0 Å². The molecule has 0 aliphatic carbocycles. The highest BCUT2D eigenvalue weighted by Gasteiger charge is 2.20. The Kier molecular flexibility index (Phi) is 3.15. The Morgan fingerprint density at radius 3 is 2.91 bits per heavy atom. The average Bonchev–Trinajstić information content (AvgIpc) is 2.91. The Morgan fingerprint density at radius 2 is 2.09 bits per heavy atom. The molecule has 112 valence electrons. The second-order valence-corrected chi connectivity index (χ2v) is 5.60. The van der Waals surface area contributed by atoms with Crippen LogP contribution in [0.15, 0.2) is 36.5 Å². The van der Waals surface area contributed by atoms with E-state index in [4.69, 9.17) is 4.98 Å². The Hall–Kier alpha value is -2.27. The van der Waals surface area contributed by atoms with Crippen molar-refractivity contribution in [1.82, 2.24) is 19.4 Å². The molecule has 0 saturated carbocycles. The van der Waals surface area contributed by atoms with E-state index in [1.54, 1.807) is 18.3 Å². The van der Waals surface area contributed by atoms with Gasteiger partial charge >= 0.3 is 0 Å². The summed E-state index contributed by atoms with van der Waals surface area (Å²) < 4.78 is 16.1. The van der Waals surface area contributed by atoms with E-state index in [0.29, 0.717) is 5.56 Å². The van der Waals surface area contributed by atoms with Gasteiger partial charge in [-0.3, -0.25) is 4.90 Å². The molecule has 1 aromatic carbocycles. The Morgan fingerprint density at radius 1 is 1.23 bits per heavy atom. The lowest BCUT2D eigenvalue weighted by Gasteiger charge is -2.25. The molecule has 0 fully saturated rings. The molecule has 0 saturated heterocycles. The molecule has 3 aromatic rings. The number of halogens is 1. The molecule has 1 aliphatic rings. The summed E-state index contributed by atoms with van der Waals surface area (Å²) >= 11 is 0. The van der Waals surface area contributed by atoms with E-state index >= 15 is 0 Å². The van der Waals surface area contributed by atoms with Gasteiger partial charge in [0.1, 0.15) is 17.2 Å². The van der Waals surface area contributed by atoms with Crippen LogP contribution in [0, 0.1) is 5.82 Å². The number of nitrogens with zero attached hydrogens (tertiary/aromatic N) is 4. The van der Waals surface area contributed by atoms with Crippen molar-refractivity contribution in [3.8, 4) is 11.1 Å². The van der Waals surface area contributed by atoms with Crippen molar-refractivity contribution < 1.29 is 4.39 Å². The van der Waals surface area contributed by atoms with Gasteiger partial charge in [-0.15, -0.1) is 0 Å². The van der Waals surface area contributed by atoms with E-state index in [2.05, 4.69) is 21.4 Å². The highest BCUT2D eigenvalue weighted by molar-refractivity contribution is 5.79. The largest absolute Gasteiger partial charge is 0.310 e. The van der Waals surface area contributed by atoms with Gasteiger partial charge in [0, 0.05) is 30.4 Å². The lowest BCUT2D eigenvalue weighted by atomic mass is 10.1. The van der Waals surface area contributed by atoms with E-state index in [-0.39, 0.29) is 5.82 Å². The van der Waals surface area contributed by atoms with Crippen molar-refractivity contribution in [3.63, 3.8) is 0 Å². The van der Waals surface area contributed by atoms with E-state index in [1.807, 2.05) is 12.1 Å². The minimum absolute atomic E-state index is 0.232. The Balaban J connectivity index is 1.81. The fourth-order valence-corrected chi connectivity index (χ4v) is 3.05. The van der Waals surface area contributed by atoms with Gasteiger partial charge in [0.25, 0.3) is 0 Å². The third kappa shape index (κ3) is 2.09. The van der Waals surface area contributed by atoms with Gasteiger partial charge in [-0.25, -0.2) is 14.4 Å². The summed E-state index contributed by atoms with van der Waals surface area (Å²) in [5.41, 5.74) is 3.07. The van der Waals surface area contributed by atoms with Gasteiger partial charge < -0.3 is 4.57 Å². The minimum atomic E-state index is -0.232. The maximum absolute atomic E-state index is 13.9. The number of aromatic nitrogens is 3. The maximum atomic E-state index is 13.9. The number of fused-ring (bicyclic) bond motifs is 3. The van der Waals surface area contributed by atoms with Crippen molar-refractivity contribution in [2.75, 3.05) is 13.1 Å². The normalized spacial score (nSPS) is 15.2. The van der Waals surface area contributed by atoms with E-state index in [1.165, 1.54) is 6.07 Å². The number of rotatable bonds is 2. The van der Waals surface area contributed by atoms with Crippen LogP contribution in [-0.4, -0.2) is 32.5 Å². The quantitative estimate of drug-likeness (QED) is 0.729. The molecule has 0 atom stereocenters. The zero-order chi connectivity index (χ0) is 15.1. The van der Waals surface area contributed by atoms with Crippen LogP contribution in [-0.2, 0) is 13.1 Å². The summed E-state index contributed by atoms with van der Waals surface area (Å²) in [6.07, 6.45) is 1.74. The van der Waals surface area contributed by atoms with Crippen molar-refractivity contribution in [2.24, 2.45) is 0 Å². The first-order valence-corrected chi connectivity index (χ1v) is 7.58. The first-order valence-electron chi connectivity index (χ1n) is 7.58. The second-order valence-electron chi connectivity index (χ2n) is 5.60. The zero-order valence-electron chi connectivity index (χ0n) is 12.5. The molecule has 1 aliphatic heterocycles. The number of imidazole rings is 1. The standard InChI is InChI=1S/C17H17FN4/c1-2-21-7-8-22-16(11-21)20-15-9-12(10-19-17(15)22)13-5-3-4-6-14(13)18/h3-6,9-10H,2,7-8,11H2,1H3. The second kappa shape index (κ2) is 5.18. The first kappa shape index (κ1) is 13.4. The molecule has 0 N–H and O–H groups in total. The zero-order valence-corrected chi connectivity index (χ0v) is 12.5. The highest BCUT2D eigenvalue weighted by atomic mass is 19.1. The molecule has 2 aromatic heterocycles. The highest BCUT2D eigenvalue weighted by Crippen LogP contribution is 2.26. The van der Waals surface area contributed by atoms with Gasteiger partial charge in [-0.1, -0.05) is 25.1 Å². The fraction of sp³-hybridized carbons (Fsp3) is 0.294. The SMILES string of the molecule is CCN1CCn2c(nc3cc(-c4ccccc4F)cnc32)C1. The lowest BCUT2D eigenvalue weighted by molar-refractivity contribution is 0.230. The van der Waals surface area contributed by atoms with Crippen LogP contribution in [0.25, 0.3) is 22.3 Å². The molecule has 22 heavy (non-hydrogen) atoms. The summed E-state index contributed by atoms with van der Waals surface area (Å²) in [5, 5.41) is 0. The fourth-order valence-electron chi connectivity index (χ4n) is 3.05. The van der Waals surface area contributed by atoms with Gasteiger partial charge in [-0.2, -0.15) is 0 Å². The van der Waals surface area contributed by atoms with Crippen LogP contribution in [0.4, 0.5) is 4.39 Å². The molecule has 0 amide bonds. The molecule has 0 bridgehead atoms. The smallest absolute Gasteiger partial charge is 0.160 e. The van der Waals surface area contributed by atoms with Crippen molar-refractivity contribution in [2.45, 2.75) is 20.0 Å². The third-order valence-corrected chi connectivity index (χ3v) is 4.30. The summed E-state index contributed by atoms with van der Waals surface area (Å²) in [7, 11) is 0. The van der Waals surface area contributed by atoms with Gasteiger partial charge in [0.15, 0.2) is 5.65 Å². The van der Waals surface area contributed by atoms with Crippen LogP contribution in [0.5, 0.6) is 0 Å². The molecule has 0 spiro atoms. The Bertz CT molecular complexity index is 840. The lowest BCUT2D eigenvalue weighted by Crippen LogP contribution is -2.33. The summed E-state index contributed by atoms with van der Waals surface area (Å²) in [5.74, 6) is 0.811. The molecule has 4 nitrogen and oxygen atoms in total. The Labute approximate surface area is 128 Å². The predicted octanol–water partition coefficient (Wildman–Crippen LogP) is 3.07. The first-order chi connectivity index (χ1) is 10.8. The number of likely N-dealkylation sites (N-methyl/N-ethyl adjacent to an activating group) is 1. The molecular weight excluding hydrogens is 279 g/mol. The molecule has 5 heteroatoms. The average molecular weight is 296 g/mol. The van der Waals surface area contributed by atoms with Crippen LogP contribution in [0.1, 0.15) is 12.7 Å². The van der Waals surface area contributed by atoms with Crippen molar-refractivity contribution in [3.05, 3.63) is 48.2 Å². The number of hydrogen-bond donors (Lipinski definition) is 0. The van der Waals surface area contributed by atoms with Crippen LogP contribution in [0.2, 0.25) is 0 Å². The number of pyridine rings is 1. The topological polar surface area (TPSA) is 34.0 Å². The van der Waals surface area contributed by atoms with Crippen LogP contribution in [0.3, 0.4) is 0 Å². The summed E-state index contributed by atoms with van der Waals surface area (Å²) in [4.78, 5) is 11.6. The molecule has 0 radical (unpaired) electrons. The van der Waals surface area contributed by atoms with E-state index in [0.717, 1.165) is 48.7 Å². The minimum Gasteiger partial charge on any atom is -0.310 e.